The topological polar surface area (TPSA) is 39.9 Å². The molecule has 0 aliphatic heterocycles. The zero-order valence-corrected chi connectivity index (χ0v) is 19.7. The highest BCUT2D eigenvalue weighted by Crippen LogP contribution is 2.35. The quantitative estimate of drug-likeness (QED) is 0.216. The Bertz CT molecular complexity index is 1380. The Kier molecular flexibility index (Phi) is 5.39. The summed E-state index contributed by atoms with van der Waals surface area (Å²) in [5.74, 6) is 0.817. The van der Waals surface area contributed by atoms with Crippen molar-refractivity contribution in [2.75, 3.05) is 6.61 Å². The molecule has 0 fully saturated rings. The molecule has 30 heavy (non-hydrogen) atoms. The second kappa shape index (κ2) is 8.17. The van der Waals surface area contributed by atoms with E-state index in [0.29, 0.717) is 11.6 Å². The van der Waals surface area contributed by atoms with Gasteiger partial charge in [0.15, 0.2) is 5.65 Å². The second-order valence-corrected chi connectivity index (χ2v) is 9.18. The number of hydrogen-bond acceptors (Lipinski definition) is 3. The Morgan fingerprint density at radius 3 is 2.43 bits per heavy atom. The fraction of sp³-hybridized carbons (Fsp3) is 0.130. The summed E-state index contributed by atoms with van der Waals surface area (Å²) >= 11 is 13.3. The summed E-state index contributed by atoms with van der Waals surface area (Å²) in [6, 6.07) is 19.6. The van der Waals surface area contributed by atoms with Gasteiger partial charge in [-0.1, -0.05) is 39.7 Å². The molecule has 2 heterocycles. The molecule has 150 valence electrons. The Hall–Kier alpha value is -2.15. The Labute approximate surface area is 195 Å². The number of fused-ring (bicyclic) bond motifs is 4. The van der Waals surface area contributed by atoms with Gasteiger partial charge < -0.3 is 9.30 Å². The summed E-state index contributed by atoms with van der Waals surface area (Å²) < 4.78 is 10.1. The lowest BCUT2D eigenvalue weighted by atomic mass is 10.2. The molecule has 0 radical (unpaired) electrons. The van der Waals surface area contributed by atoms with E-state index in [1.807, 2.05) is 48.5 Å². The van der Waals surface area contributed by atoms with Gasteiger partial charge >= 0.3 is 0 Å². The standard InChI is InChI=1S/C23H16Br2ClN3O/c24-14-12-17-21-23(28-20-5-2-1-4-19(20)27-21)29(22(17)18(25)13-14)10-3-11-30-16-8-6-15(26)7-9-16/h1-2,4-9,12-13H,3,10-11H2. The average molecular weight is 546 g/mol. The number of rotatable bonds is 5. The lowest BCUT2D eigenvalue weighted by molar-refractivity contribution is 0.303. The largest absolute Gasteiger partial charge is 0.494 e. The van der Waals surface area contributed by atoms with Crippen LogP contribution in [0.1, 0.15) is 6.42 Å². The third-order valence-corrected chi connectivity index (χ3v) is 6.28. The molecule has 0 atom stereocenters. The molecule has 0 unspecified atom stereocenters. The van der Waals surface area contributed by atoms with E-state index in [-0.39, 0.29) is 0 Å². The molecule has 0 saturated carbocycles. The molecular weight excluding hydrogens is 530 g/mol. The summed E-state index contributed by atoms with van der Waals surface area (Å²) in [7, 11) is 0. The van der Waals surface area contributed by atoms with Crippen LogP contribution in [0.25, 0.3) is 33.1 Å². The van der Waals surface area contributed by atoms with Crippen LogP contribution < -0.4 is 4.74 Å². The zero-order valence-electron chi connectivity index (χ0n) is 15.8. The average Bonchev–Trinajstić information content (AvgIpc) is 3.04. The molecule has 7 heteroatoms. The van der Waals surface area contributed by atoms with E-state index in [4.69, 9.17) is 26.3 Å². The lowest BCUT2D eigenvalue weighted by Crippen LogP contribution is -2.05. The molecule has 0 aliphatic carbocycles. The number of para-hydroxylation sites is 2. The maximum atomic E-state index is 5.94. The van der Waals surface area contributed by atoms with E-state index in [2.05, 4.69) is 48.6 Å². The zero-order chi connectivity index (χ0) is 20.7. The normalized spacial score (nSPS) is 11.6. The van der Waals surface area contributed by atoms with Gasteiger partial charge in [-0.05, 0) is 70.9 Å². The van der Waals surface area contributed by atoms with Gasteiger partial charge in [-0.15, -0.1) is 0 Å². The first-order chi connectivity index (χ1) is 14.6. The molecule has 2 aromatic heterocycles. The predicted molar refractivity (Wildman–Crippen MR) is 130 cm³/mol. The van der Waals surface area contributed by atoms with Gasteiger partial charge in [-0.3, -0.25) is 0 Å². The molecule has 0 bridgehead atoms. The third kappa shape index (κ3) is 3.68. The van der Waals surface area contributed by atoms with E-state index in [1.165, 1.54) is 0 Å². The van der Waals surface area contributed by atoms with E-state index in [1.54, 1.807) is 0 Å². The third-order valence-electron chi connectivity index (χ3n) is 4.97. The van der Waals surface area contributed by atoms with Crippen LogP contribution in [0.5, 0.6) is 5.75 Å². The van der Waals surface area contributed by atoms with E-state index >= 15 is 0 Å². The monoisotopic (exact) mass is 543 g/mol. The smallest absolute Gasteiger partial charge is 0.160 e. The molecule has 4 nitrogen and oxygen atoms in total. The van der Waals surface area contributed by atoms with Crippen LogP contribution >= 0.6 is 43.5 Å². The summed E-state index contributed by atoms with van der Waals surface area (Å²) in [5, 5.41) is 1.78. The molecule has 0 spiro atoms. The van der Waals surface area contributed by atoms with Crippen molar-refractivity contribution in [2.24, 2.45) is 0 Å². The van der Waals surface area contributed by atoms with E-state index < -0.39 is 0 Å². The highest BCUT2D eigenvalue weighted by atomic mass is 79.9. The minimum absolute atomic E-state index is 0.595. The van der Waals surface area contributed by atoms with Crippen LogP contribution in [0.4, 0.5) is 0 Å². The fourth-order valence-electron chi connectivity index (χ4n) is 3.65. The van der Waals surface area contributed by atoms with Gasteiger partial charge in [0.2, 0.25) is 0 Å². The van der Waals surface area contributed by atoms with Crippen molar-refractivity contribution in [2.45, 2.75) is 13.0 Å². The van der Waals surface area contributed by atoms with Gasteiger partial charge in [-0.25, -0.2) is 9.97 Å². The number of benzene rings is 3. The minimum atomic E-state index is 0.595. The van der Waals surface area contributed by atoms with Crippen molar-refractivity contribution < 1.29 is 4.74 Å². The summed E-state index contributed by atoms with van der Waals surface area (Å²) in [4.78, 5) is 9.87. The number of hydrogen-bond donors (Lipinski definition) is 0. The summed E-state index contributed by atoms with van der Waals surface area (Å²) in [6.45, 7) is 1.36. The molecule has 0 saturated heterocycles. The van der Waals surface area contributed by atoms with Crippen LogP contribution in [0.3, 0.4) is 0 Å². The summed E-state index contributed by atoms with van der Waals surface area (Å²) in [5.41, 5.74) is 4.67. The maximum Gasteiger partial charge on any atom is 0.160 e. The van der Waals surface area contributed by atoms with Gasteiger partial charge in [0, 0.05) is 25.9 Å². The van der Waals surface area contributed by atoms with Gasteiger partial charge in [0.25, 0.3) is 0 Å². The van der Waals surface area contributed by atoms with Crippen molar-refractivity contribution in [3.05, 3.63) is 74.6 Å². The number of aryl methyl sites for hydroxylation is 1. The number of aromatic nitrogens is 3. The van der Waals surface area contributed by atoms with Gasteiger partial charge in [0.05, 0.1) is 23.2 Å². The predicted octanol–water partition coefficient (Wildman–Crippen LogP) is 7.39. The van der Waals surface area contributed by atoms with Crippen molar-refractivity contribution in [3.63, 3.8) is 0 Å². The Morgan fingerprint density at radius 1 is 0.933 bits per heavy atom. The van der Waals surface area contributed by atoms with Crippen molar-refractivity contribution >= 4 is 76.6 Å². The first-order valence-electron chi connectivity index (χ1n) is 9.52. The van der Waals surface area contributed by atoms with Crippen molar-refractivity contribution in [1.29, 1.82) is 0 Å². The van der Waals surface area contributed by atoms with Crippen LogP contribution in [-0.2, 0) is 6.54 Å². The molecular formula is C23H16Br2ClN3O. The Balaban J connectivity index is 1.53. The van der Waals surface area contributed by atoms with E-state index in [9.17, 15) is 0 Å². The molecule has 0 aliphatic rings. The highest BCUT2D eigenvalue weighted by Gasteiger charge is 2.17. The molecule has 5 aromatic rings. The SMILES string of the molecule is Clc1ccc(OCCCn2c3nc4ccccc4nc3c3cc(Br)cc(Br)c32)cc1. The van der Waals surface area contributed by atoms with Crippen molar-refractivity contribution in [1.82, 2.24) is 14.5 Å². The van der Waals surface area contributed by atoms with Crippen LogP contribution in [0.2, 0.25) is 5.02 Å². The molecule has 0 amide bonds. The van der Waals surface area contributed by atoms with Crippen LogP contribution in [0.15, 0.2) is 69.6 Å². The number of halogens is 3. The fourth-order valence-corrected chi connectivity index (χ4v) is 5.21. The van der Waals surface area contributed by atoms with Gasteiger partial charge in [-0.2, -0.15) is 0 Å². The van der Waals surface area contributed by atoms with E-state index in [0.717, 1.165) is 60.8 Å². The van der Waals surface area contributed by atoms with Gasteiger partial charge in [0.1, 0.15) is 11.3 Å². The van der Waals surface area contributed by atoms with Crippen molar-refractivity contribution in [3.8, 4) is 5.75 Å². The van der Waals surface area contributed by atoms with Crippen LogP contribution in [-0.4, -0.2) is 21.1 Å². The minimum Gasteiger partial charge on any atom is -0.494 e. The Morgan fingerprint density at radius 2 is 1.67 bits per heavy atom. The lowest BCUT2D eigenvalue weighted by Gasteiger charge is -2.10. The maximum absolute atomic E-state index is 5.94. The molecule has 5 rings (SSSR count). The second-order valence-electron chi connectivity index (χ2n) is 6.98. The van der Waals surface area contributed by atoms with Crippen LogP contribution in [0, 0.1) is 0 Å². The molecule has 3 aromatic carbocycles. The molecule has 0 N–H and O–H groups in total. The first kappa shape index (κ1) is 19.8. The summed E-state index contributed by atoms with van der Waals surface area (Å²) in [6.07, 6.45) is 0.832. The highest BCUT2D eigenvalue weighted by molar-refractivity contribution is 9.11. The number of ether oxygens (including phenoxy) is 1. The first-order valence-corrected chi connectivity index (χ1v) is 11.5. The number of nitrogens with zero attached hydrogens (tertiary/aromatic N) is 3.